The molecule has 1 spiro atoms. The van der Waals surface area contributed by atoms with Crippen molar-refractivity contribution >= 4 is 17.7 Å². The third kappa shape index (κ3) is 4.10. The van der Waals surface area contributed by atoms with Crippen LogP contribution in [0.15, 0.2) is 18.2 Å². The van der Waals surface area contributed by atoms with Crippen molar-refractivity contribution in [1.29, 1.82) is 0 Å². The van der Waals surface area contributed by atoms with Gasteiger partial charge in [-0.2, -0.15) is 0 Å². The highest BCUT2D eigenvalue weighted by molar-refractivity contribution is 5.86. The van der Waals surface area contributed by atoms with Crippen molar-refractivity contribution in [3.8, 4) is 0 Å². The Morgan fingerprint density at radius 1 is 1.20 bits per heavy atom. The molecule has 0 radical (unpaired) electrons. The lowest BCUT2D eigenvalue weighted by Crippen LogP contribution is -2.50. The zero-order chi connectivity index (χ0) is 21.3. The fourth-order valence-corrected chi connectivity index (χ4v) is 5.38. The van der Waals surface area contributed by atoms with Crippen LogP contribution in [-0.2, 0) is 11.3 Å². The molecule has 1 aliphatic carbocycles. The van der Waals surface area contributed by atoms with Crippen molar-refractivity contribution in [3.05, 3.63) is 29.6 Å². The number of anilines is 1. The lowest BCUT2D eigenvalue weighted by Gasteiger charge is -2.41. The van der Waals surface area contributed by atoms with E-state index in [1.165, 1.54) is 6.07 Å². The Labute approximate surface area is 175 Å². The van der Waals surface area contributed by atoms with E-state index >= 15 is 0 Å². The number of piperidine rings is 1. The van der Waals surface area contributed by atoms with Crippen molar-refractivity contribution in [1.82, 2.24) is 10.2 Å². The molecule has 0 unspecified atom stereocenters. The van der Waals surface area contributed by atoms with Gasteiger partial charge in [-0.05, 0) is 62.6 Å². The summed E-state index contributed by atoms with van der Waals surface area (Å²) in [6.45, 7) is 2.02. The van der Waals surface area contributed by atoms with Crippen LogP contribution in [0.5, 0.6) is 0 Å². The standard InChI is InChI=1S/C22H30FN3O4/c23-18-12-15(13-24-21(29)30)2-7-19(18)25-10-1-8-22(14-25)9-11-26(20(22)28)16-3-5-17(27)6-4-16/h2,7,12,16-17,24,27H,1,3-6,8-11,13-14H2,(H,29,30)/t16-,17-,22-/m0/s1. The van der Waals surface area contributed by atoms with Crippen LogP contribution in [0.3, 0.4) is 0 Å². The van der Waals surface area contributed by atoms with Gasteiger partial charge in [0.25, 0.3) is 0 Å². The maximum atomic E-state index is 14.8. The summed E-state index contributed by atoms with van der Waals surface area (Å²) in [4.78, 5) is 28.0. The minimum Gasteiger partial charge on any atom is -0.465 e. The molecule has 2 amide bonds. The second-order valence-electron chi connectivity index (χ2n) is 8.96. The monoisotopic (exact) mass is 419 g/mol. The van der Waals surface area contributed by atoms with Crippen molar-refractivity contribution in [2.45, 2.75) is 63.6 Å². The summed E-state index contributed by atoms with van der Waals surface area (Å²) in [7, 11) is 0. The van der Waals surface area contributed by atoms with E-state index in [1.54, 1.807) is 12.1 Å². The number of rotatable bonds is 4. The number of benzene rings is 1. The average molecular weight is 419 g/mol. The summed E-state index contributed by atoms with van der Waals surface area (Å²) in [6, 6.07) is 5.00. The molecule has 1 aromatic rings. The first-order chi connectivity index (χ1) is 14.4. The van der Waals surface area contributed by atoms with Gasteiger partial charge in [0, 0.05) is 32.2 Å². The van der Waals surface area contributed by atoms with Crippen LogP contribution in [0.2, 0.25) is 0 Å². The van der Waals surface area contributed by atoms with Crippen LogP contribution in [0.25, 0.3) is 0 Å². The van der Waals surface area contributed by atoms with E-state index < -0.39 is 11.5 Å². The van der Waals surface area contributed by atoms with Crippen LogP contribution in [-0.4, -0.2) is 58.9 Å². The Bertz CT molecular complexity index is 812. The van der Waals surface area contributed by atoms with Gasteiger partial charge in [-0.15, -0.1) is 0 Å². The molecule has 3 N–H and O–H groups in total. The number of carbonyl (C=O) groups excluding carboxylic acids is 1. The van der Waals surface area contributed by atoms with Gasteiger partial charge in [0.05, 0.1) is 17.2 Å². The lowest BCUT2D eigenvalue weighted by atomic mass is 9.78. The zero-order valence-electron chi connectivity index (χ0n) is 17.1. The van der Waals surface area contributed by atoms with E-state index in [4.69, 9.17) is 5.11 Å². The van der Waals surface area contributed by atoms with Gasteiger partial charge in [-0.3, -0.25) is 4.79 Å². The number of nitrogens with zero attached hydrogens (tertiary/aromatic N) is 2. The predicted molar refractivity (Wildman–Crippen MR) is 110 cm³/mol. The minimum absolute atomic E-state index is 0.0556. The molecule has 2 heterocycles. The quantitative estimate of drug-likeness (QED) is 0.698. The number of hydrogen-bond donors (Lipinski definition) is 3. The highest BCUT2D eigenvalue weighted by atomic mass is 19.1. The second kappa shape index (κ2) is 8.41. The van der Waals surface area contributed by atoms with Gasteiger partial charge in [-0.1, -0.05) is 6.07 Å². The fourth-order valence-electron chi connectivity index (χ4n) is 5.38. The van der Waals surface area contributed by atoms with Gasteiger partial charge in [0.2, 0.25) is 5.91 Å². The number of aliphatic hydroxyl groups excluding tert-OH is 1. The Kier molecular flexibility index (Phi) is 5.86. The first-order valence-corrected chi connectivity index (χ1v) is 10.9. The molecule has 2 aliphatic heterocycles. The summed E-state index contributed by atoms with van der Waals surface area (Å²) >= 11 is 0. The van der Waals surface area contributed by atoms with E-state index in [-0.39, 0.29) is 30.4 Å². The van der Waals surface area contributed by atoms with E-state index in [1.807, 2.05) is 9.80 Å². The molecule has 0 bridgehead atoms. The Hall–Kier alpha value is -2.35. The molecule has 1 atom stereocenters. The van der Waals surface area contributed by atoms with Gasteiger partial charge < -0.3 is 25.3 Å². The maximum Gasteiger partial charge on any atom is 0.404 e. The van der Waals surface area contributed by atoms with Gasteiger partial charge >= 0.3 is 6.09 Å². The van der Waals surface area contributed by atoms with E-state index in [0.717, 1.165) is 51.5 Å². The molecule has 3 aliphatic rings. The number of carboxylic acid groups (broad SMARTS) is 1. The number of amides is 2. The Morgan fingerprint density at radius 2 is 1.97 bits per heavy atom. The molecule has 0 aromatic heterocycles. The predicted octanol–water partition coefficient (Wildman–Crippen LogP) is 2.72. The van der Waals surface area contributed by atoms with E-state index in [2.05, 4.69) is 5.32 Å². The third-order valence-electron chi connectivity index (χ3n) is 7.03. The number of nitrogens with one attached hydrogen (secondary N) is 1. The molecule has 3 fully saturated rings. The molecule has 1 saturated carbocycles. The number of carbonyl (C=O) groups is 2. The summed E-state index contributed by atoms with van der Waals surface area (Å²) in [5, 5.41) is 20.7. The van der Waals surface area contributed by atoms with Gasteiger partial charge in [0.1, 0.15) is 5.82 Å². The zero-order valence-corrected chi connectivity index (χ0v) is 17.1. The van der Waals surface area contributed by atoms with Crippen molar-refractivity contribution in [3.63, 3.8) is 0 Å². The minimum atomic E-state index is -1.14. The van der Waals surface area contributed by atoms with E-state index in [0.29, 0.717) is 24.3 Å². The van der Waals surface area contributed by atoms with Crippen molar-refractivity contribution in [2.24, 2.45) is 5.41 Å². The molecule has 4 rings (SSSR count). The van der Waals surface area contributed by atoms with E-state index in [9.17, 15) is 19.1 Å². The lowest BCUT2D eigenvalue weighted by molar-refractivity contribution is -0.139. The molecule has 164 valence electrons. The first-order valence-electron chi connectivity index (χ1n) is 10.9. The summed E-state index contributed by atoms with van der Waals surface area (Å²) in [6.07, 6.45) is 4.29. The molecular formula is C22H30FN3O4. The third-order valence-corrected chi connectivity index (χ3v) is 7.03. The topological polar surface area (TPSA) is 93.1 Å². The van der Waals surface area contributed by atoms with Crippen LogP contribution >= 0.6 is 0 Å². The molecule has 1 aromatic carbocycles. The average Bonchev–Trinajstić information content (AvgIpc) is 3.03. The first kappa shape index (κ1) is 20.9. The number of hydrogen-bond acceptors (Lipinski definition) is 4. The highest BCUT2D eigenvalue weighted by Crippen LogP contribution is 2.43. The molecular weight excluding hydrogens is 389 g/mol. The summed E-state index contributed by atoms with van der Waals surface area (Å²) in [5.41, 5.74) is 0.581. The van der Waals surface area contributed by atoms with Crippen molar-refractivity contribution < 1.29 is 24.2 Å². The fraction of sp³-hybridized carbons (Fsp3) is 0.636. The number of likely N-dealkylation sites (tertiary alicyclic amines) is 1. The smallest absolute Gasteiger partial charge is 0.404 e. The Morgan fingerprint density at radius 3 is 2.67 bits per heavy atom. The number of aliphatic hydroxyl groups is 1. The largest absolute Gasteiger partial charge is 0.465 e. The van der Waals surface area contributed by atoms with Crippen LogP contribution in [0.1, 0.15) is 50.5 Å². The van der Waals surface area contributed by atoms with Gasteiger partial charge in [0.15, 0.2) is 0 Å². The van der Waals surface area contributed by atoms with Crippen LogP contribution in [0.4, 0.5) is 14.9 Å². The summed E-state index contributed by atoms with van der Waals surface area (Å²) in [5.74, 6) is -0.198. The highest BCUT2D eigenvalue weighted by Gasteiger charge is 2.50. The van der Waals surface area contributed by atoms with Crippen LogP contribution < -0.4 is 10.2 Å². The Balaban J connectivity index is 1.45. The second-order valence-corrected chi connectivity index (χ2v) is 8.96. The molecule has 8 heteroatoms. The molecule has 7 nitrogen and oxygen atoms in total. The normalized spacial score (nSPS) is 29.5. The number of halogens is 1. The molecule has 2 saturated heterocycles. The maximum absolute atomic E-state index is 14.8. The SMILES string of the molecule is O=C(O)NCc1ccc(N2CCC[C@]3(CCN([C@H]4CC[C@H](O)CC4)C3=O)C2)c(F)c1. The van der Waals surface area contributed by atoms with Crippen molar-refractivity contribution in [2.75, 3.05) is 24.5 Å². The summed E-state index contributed by atoms with van der Waals surface area (Å²) < 4.78 is 14.8. The molecule has 30 heavy (non-hydrogen) atoms. The van der Waals surface area contributed by atoms with Gasteiger partial charge in [-0.25, -0.2) is 9.18 Å². The van der Waals surface area contributed by atoms with Crippen LogP contribution in [0, 0.1) is 11.2 Å².